The number of halogens is 1. The molecule has 0 unspecified atom stereocenters. The molecule has 3 rings (SSSR count). The molecule has 168 valence electrons. The summed E-state index contributed by atoms with van der Waals surface area (Å²) in [6.07, 6.45) is 1.53. The number of para-hydroxylation sites is 1. The normalized spacial score (nSPS) is 11.2. The van der Waals surface area contributed by atoms with Crippen molar-refractivity contribution < 1.29 is 13.2 Å². The van der Waals surface area contributed by atoms with E-state index in [1.807, 2.05) is 45.0 Å². The molecule has 5 nitrogen and oxygen atoms in total. The maximum atomic E-state index is 13.5. The zero-order valence-electron chi connectivity index (χ0n) is 18.4. The number of nitrogens with zero attached hydrogens (tertiary/aromatic N) is 1. The summed E-state index contributed by atoms with van der Waals surface area (Å²) in [4.78, 5) is 13.3. The number of carbonyl (C=O) groups excluding carboxylic acids is 1. The minimum atomic E-state index is -3.95. The molecule has 0 atom stereocenters. The monoisotopic (exact) mass is 514 g/mol. The van der Waals surface area contributed by atoms with Gasteiger partial charge in [-0.3, -0.25) is 9.10 Å². The Balaban J connectivity index is 1.99. The summed E-state index contributed by atoms with van der Waals surface area (Å²) >= 11 is 3.40. The number of nitrogens with one attached hydrogen (secondary N) is 1. The van der Waals surface area contributed by atoms with Crippen LogP contribution in [0.1, 0.15) is 30.5 Å². The molecule has 0 saturated heterocycles. The van der Waals surface area contributed by atoms with Crippen LogP contribution in [0.3, 0.4) is 0 Å². The maximum Gasteiger partial charge on any atom is 0.264 e. The van der Waals surface area contributed by atoms with E-state index in [0.29, 0.717) is 5.69 Å². The predicted octanol–water partition coefficient (Wildman–Crippen LogP) is 5.72. The molecule has 0 aromatic heterocycles. The van der Waals surface area contributed by atoms with Crippen LogP contribution in [0.25, 0.3) is 0 Å². The van der Waals surface area contributed by atoms with Crippen molar-refractivity contribution in [3.8, 4) is 0 Å². The van der Waals surface area contributed by atoms with E-state index in [-0.39, 0.29) is 11.4 Å². The van der Waals surface area contributed by atoms with Crippen LogP contribution in [0.2, 0.25) is 0 Å². The van der Waals surface area contributed by atoms with Crippen LogP contribution < -0.4 is 9.62 Å². The highest BCUT2D eigenvalue weighted by Crippen LogP contribution is 2.27. The van der Waals surface area contributed by atoms with Crippen LogP contribution >= 0.6 is 15.9 Å². The van der Waals surface area contributed by atoms with Crippen LogP contribution in [0.5, 0.6) is 0 Å². The number of hydrogen-bond donors (Lipinski definition) is 1. The summed E-state index contributed by atoms with van der Waals surface area (Å²) < 4.78 is 28.9. The summed E-state index contributed by atoms with van der Waals surface area (Å²) in [6.45, 7) is 5.61. The molecule has 0 aliphatic rings. The third-order valence-corrected chi connectivity index (χ3v) is 7.54. The fourth-order valence-corrected chi connectivity index (χ4v) is 5.30. The van der Waals surface area contributed by atoms with Crippen LogP contribution in [-0.4, -0.2) is 20.9 Å². The highest BCUT2D eigenvalue weighted by Gasteiger charge is 2.27. The molecule has 0 radical (unpaired) electrons. The van der Waals surface area contributed by atoms with E-state index in [9.17, 15) is 13.2 Å². The molecule has 0 spiro atoms. The number of amides is 1. The number of carbonyl (C=O) groups is 1. The Bertz CT molecular complexity index is 1190. The summed E-state index contributed by atoms with van der Waals surface area (Å²) in [5.41, 5.74) is 4.18. The first kappa shape index (κ1) is 24.0. The highest BCUT2D eigenvalue weighted by atomic mass is 79.9. The highest BCUT2D eigenvalue weighted by molar-refractivity contribution is 9.10. The molecule has 0 fully saturated rings. The van der Waals surface area contributed by atoms with Crippen molar-refractivity contribution in [1.29, 1.82) is 0 Å². The summed E-state index contributed by atoms with van der Waals surface area (Å²) in [5, 5.41) is 2.97. The van der Waals surface area contributed by atoms with Gasteiger partial charge in [0.05, 0.1) is 10.6 Å². The van der Waals surface area contributed by atoms with Gasteiger partial charge in [-0.05, 0) is 61.2 Å². The molecular weight excluding hydrogens is 488 g/mol. The molecule has 3 aromatic carbocycles. The Morgan fingerprint density at radius 3 is 2.09 bits per heavy atom. The largest absolute Gasteiger partial charge is 0.324 e. The second-order valence-electron chi connectivity index (χ2n) is 7.51. The average molecular weight is 515 g/mol. The molecule has 0 aliphatic carbocycles. The molecule has 0 heterocycles. The van der Waals surface area contributed by atoms with Gasteiger partial charge in [0, 0.05) is 10.2 Å². The van der Waals surface area contributed by atoms with Gasteiger partial charge < -0.3 is 5.32 Å². The van der Waals surface area contributed by atoms with Gasteiger partial charge in [0.25, 0.3) is 10.0 Å². The molecule has 0 aliphatic heterocycles. The van der Waals surface area contributed by atoms with Gasteiger partial charge in [-0.2, -0.15) is 0 Å². The van der Waals surface area contributed by atoms with Crippen molar-refractivity contribution in [2.45, 2.75) is 38.5 Å². The standard InChI is InChI=1S/C25H27BrN2O3S/c1-4-19-8-6-9-20(5-2)25(19)27-24(29)17-28(22-11-7-10-21(26)16-22)32(30,31)23-14-12-18(3)13-15-23/h6-16H,4-5,17H2,1-3H3,(H,27,29). The fraction of sp³-hybridized carbons (Fsp3) is 0.240. The minimum absolute atomic E-state index is 0.138. The maximum absolute atomic E-state index is 13.5. The molecule has 32 heavy (non-hydrogen) atoms. The Hall–Kier alpha value is -2.64. The number of benzene rings is 3. The number of anilines is 2. The van der Waals surface area contributed by atoms with E-state index in [4.69, 9.17) is 0 Å². The van der Waals surface area contributed by atoms with Crippen molar-refractivity contribution in [2.75, 3.05) is 16.2 Å². The second-order valence-corrected chi connectivity index (χ2v) is 10.3. The van der Waals surface area contributed by atoms with Gasteiger partial charge in [-0.25, -0.2) is 8.42 Å². The van der Waals surface area contributed by atoms with Gasteiger partial charge in [0.1, 0.15) is 6.54 Å². The van der Waals surface area contributed by atoms with Crippen molar-refractivity contribution >= 4 is 43.2 Å². The van der Waals surface area contributed by atoms with Gasteiger partial charge >= 0.3 is 0 Å². The summed E-state index contributed by atoms with van der Waals surface area (Å²) in [7, 11) is -3.95. The number of hydrogen-bond acceptors (Lipinski definition) is 3. The second kappa shape index (κ2) is 10.3. The van der Waals surface area contributed by atoms with Crippen LogP contribution in [0.15, 0.2) is 76.1 Å². The van der Waals surface area contributed by atoms with Crippen LogP contribution in [0.4, 0.5) is 11.4 Å². The van der Waals surface area contributed by atoms with Gasteiger partial charge in [0.2, 0.25) is 5.91 Å². The van der Waals surface area contributed by atoms with E-state index < -0.39 is 15.9 Å². The van der Waals surface area contributed by atoms with E-state index in [0.717, 1.165) is 44.0 Å². The molecule has 0 bridgehead atoms. The zero-order valence-corrected chi connectivity index (χ0v) is 20.8. The Labute approximate surface area is 198 Å². The molecule has 0 saturated carbocycles. The molecule has 3 aromatic rings. The average Bonchev–Trinajstić information content (AvgIpc) is 2.77. The lowest BCUT2D eigenvalue weighted by Gasteiger charge is -2.25. The first-order valence-corrected chi connectivity index (χ1v) is 12.7. The van der Waals surface area contributed by atoms with Crippen LogP contribution in [0, 0.1) is 6.92 Å². The fourth-order valence-electron chi connectivity index (χ4n) is 3.50. The van der Waals surface area contributed by atoms with Crippen molar-refractivity contribution in [3.63, 3.8) is 0 Å². The van der Waals surface area contributed by atoms with E-state index in [1.165, 1.54) is 0 Å². The lowest BCUT2D eigenvalue weighted by Crippen LogP contribution is -2.38. The van der Waals surface area contributed by atoms with E-state index >= 15 is 0 Å². The molecule has 1 N–H and O–H groups in total. The van der Waals surface area contributed by atoms with Crippen LogP contribution in [-0.2, 0) is 27.7 Å². The lowest BCUT2D eigenvalue weighted by atomic mass is 10.0. The Morgan fingerprint density at radius 2 is 1.53 bits per heavy atom. The topological polar surface area (TPSA) is 66.5 Å². The minimum Gasteiger partial charge on any atom is -0.324 e. The van der Waals surface area contributed by atoms with Gasteiger partial charge in [-0.15, -0.1) is 0 Å². The smallest absolute Gasteiger partial charge is 0.264 e. The summed E-state index contributed by atoms with van der Waals surface area (Å²) in [5.74, 6) is -0.392. The third-order valence-electron chi connectivity index (χ3n) is 5.26. The lowest BCUT2D eigenvalue weighted by molar-refractivity contribution is -0.114. The van der Waals surface area contributed by atoms with E-state index in [2.05, 4.69) is 21.2 Å². The van der Waals surface area contributed by atoms with Gasteiger partial charge in [-0.1, -0.05) is 71.7 Å². The van der Waals surface area contributed by atoms with Crippen molar-refractivity contribution in [3.05, 3.63) is 87.9 Å². The molecular formula is C25H27BrN2O3S. The first-order chi connectivity index (χ1) is 15.3. The Morgan fingerprint density at radius 1 is 0.938 bits per heavy atom. The SMILES string of the molecule is CCc1cccc(CC)c1NC(=O)CN(c1cccc(Br)c1)S(=O)(=O)c1ccc(C)cc1. The number of aryl methyl sites for hydroxylation is 3. The number of sulfonamides is 1. The van der Waals surface area contributed by atoms with Gasteiger partial charge in [0.15, 0.2) is 0 Å². The Kier molecular flexibility index (Phi) is 7.74. The van der Waals surface area contributed by atoms with Crippen molar-refractivity contribution in [1.82, 2.24) is 0 Å². The zero-order chi connectivity index (χ0) is 23.3. The number of rotatable bonds is 8. The first-order valence-electron chi connectivity index (χ1n) is 10.5. The quantitative estimate of drug-likeness (QED) is 0.418. The molecule has 1 amide bonds. The van der Waals surface area contributed by atoms with E-state index in [1.54, 1.807) is 42.5 Å². The van der Waals surface area contributed by atoms with Crippen molar-refractivity contribution in [2.24, 2.45) is 0 Å². The predicted molar refractivity (Wildman–Crippen MR) is 134 cm³/mol. The summed E-state index contributed by atoms with van der Waals surface area (Å²) in [6, 6.07) is 19.5. The molecule has 7 heteroatoms. The third kappa shape index (κ3) is 5.40.